The number of halogens is 1. The second kappa shape index (κ2) is 12.2. The number of esters is 2. The first-order valence-electron chi connectivity index (χ1n) is 13.2. The lowest BCUT2D eigenvalue weighted by Gasteiger charge is -2.24. The van der Waals surface area contributed by atoms with Gasteiger partial charge in [-0.3, -0.25) is 9.36 Å². The molecule has 0 aliphatic carbocycles. The fourth-order valence-corrected chi connectivity index (χ4v) is 5.92. The van der Waals surface area contributed by atoms with Crippen LogP contribution in [0.15, 0.2) is 80.1 Å². The maximum Gasteiger partial charge on any atom is 0.338 e. The smallest absolute Gasteiger partial charge is 0.338 e. The zero-order valence-electron chi connectivity index (χ0n) is 23.3. The van der Waals surface area contributed by atoms with Gasteiger partial charge in [-0.1, -0.05) is 35.1 Å². The monoisotopic (exact) mass is 606 g/mol. The number of aromatic nitrogens is 1. The highest BCUT2D eigenvalue weighted by Crippen LogP contribution is 2.33. The summed E-state index contributed by atoms with van der Waals surface area (Å²) in [6.45, 7) is 6.05. The Morgan fingerprint density at radius 2 is 1.83 bits per heavy atom. The van der Waals surface area contributed by atoms with E-state index in [-0.39, 0.29) is 12.2 Å². The Kier molecular flexibility index (Phi) is 8.46. The van der Waals surface area contributed by atoms with E-state index in [1.54, 1.807) is 62.4 Å². The second-order valence-electron chi connectivity index (χ2n) is 9.19. The molecule has 0 N–H and O–H groups in total. The summed E-state index contributed by atoms with van der Waals surface area (Å²) < 4.78 is 23.6. The van der Waals surface area contributed by atoms with E-state index in [0.717, 1.165) is 0 Å². The lowest BCUT2D eigenvalue weighted by Crippen LogP contribution is -2.39. The highest BCUT2D eigenvalue weighted by Gasteiger charge is 2.33. The highest BCUT2D eigenvalue weighted by molar-refractivity contribution is 7.07. The number of furan rings is 1. The quantitative estimate of drug-likeness (QED) is 0.263. The number of hydrogen-bond acceptors (Lipinski definition) is 9. The summed E-state index contributed by atoms with van der Waals surface area (Å²) in [5.74, 6) is 0.457. The molecular formula is C31H27ClN2O7S. The lowest BCUT2D eigenvalue weighted by molar-refractivity contribution is -0.139. The third-order valence-corrected chi connectivity index (χ3v) is 7.89. The van der Waals surface area contributed by atoms with Crippen LogP contribution in [0.4, 0.5) is 0 Å². The molecule has 216 valence electrons. The summed E-state index contributed by atoms with van der Waals surface area (Å²) in [7, 11) is 1.30. The van der Waals surface area contributed by atoms with Gasteiger partial charge in [-0.25, -0.2) is 14.6 Å². The van der Waals surface area contributed by atoms with Crippen molar-refractivity contribution in [3.8, 4) is 17.1 Å². The van der Waals surface area contributed by atoms with Crippen LogP contribution in [0.2, 0.25) is 5.02 Å². The molecule has 9 nitrogen and oxygen atoms in total. The number of carbonyl (C=O) groups excluding carboxylic acids is 2. The van der Waals surface area contributed by atoms with Crippen molar-refractivity contribution in [3.05, 3.63) is 107 Å². The van der Waals surface area contributed by atoms with Crippen LogP contribution in [-0.4, -0.2) is 36.8 Å². The van der Waals surface area contributed by atoms with Gasteiger partial charge in [-0.05, 0) is 68.8 Å². The first kappa shape index (κ1) is 29.1. The standard InChI is InChI=1S/C31H27ClN2O7S/c1-5-39-20-10-7-18(8-11-20)27-26(30(37)40-6-2)17(3)33-31-34(27)28(35)25(42-31)16-21-12-14-24(41-21)22-15-19(29(36)38-4)9-13-23(22)32/h7-16,27H,5-6H2,1-4H3/b25-16-/t27-/m0/s1. The molecule has 5 rings (SSSR count). The fraction of sp³-hybridized carbons (Fsp3) is 0.226. The second-order valence-corrected chi connectivity index (χ2v) is 10.6. The van der Waals surface area contributed by atoms with Gasteiger partial charge in [0.2, 0.25) is 0 Å². The molecule has 2 aromatic heterocycles. The average molecular weight is 607 g/mol. The molecule has 0 unspecified atom stereocenters. The Morgan fingerprint density at radius 1 is 1.07 bits per heavy atom. The predicted octanol–water partition coefficient (Wildman–Crippen LogP) is 4.90. The fourth-order valence-electron chi connectivity index (χ4n) is 4.68. The maximum atomic E-state index is 13.9. The largest absolute Gasteiger partial charge is 0.494 e. The van der Waals surface area contributed by atoms with Crippen LogP contribution < -0.4 is 19.6 Å². The number of hydrogen-bond donors (Lipinski definition) is 0. The van der Waals surface area contributed by atoms with Crippen LogP contribution in [0.1, 0.15) is 48.5 Å². The Hall–Kier alpha value is -4.41. The highest BCUT2D eigenvalue weighted by atomic mass is 35.5. The molecule has 0 fully saturated rings. The molecule has 0 bridgehead atoms. The third kappa shape index (κ3) is 5.55. The number of nitrogens with zero attached hydrogens (tertiary/aromatic N) is 2. The van der Waals surface area contributed by atoms with Crippen molar-refractivity contribution in [1.82, 2.24) is 4.57 Å². The molecule has 4 aromatic rings. The lowest BCUT2D eigenvalue weighted by atomic mass is 9.96. The van der Waals surface area contributed by atoms with Gasteiger partial charge in [0, 0.05) is 11.6 Å². The van der Waals surface area contributed by atoms with E-state index >= 15 is 0 Å². The van der Waals surface area contributed by atoms with Crippen molar-refractivity contribution in [2.24, 2.45) is 4.99 Å². The van der Waals surface area contributed by atoms with Crippen molar-refractivity contribution in [3.63, 3.8) is 0 Å². The van der Waals surface area contributed by atoms with E-state index in [0.29, 0.717) is 66.2 Å². The summed E-state index contributed by atoms with van der Waals surface area (Å²) in [6, 6.07) is 14.7. The first-order valence-corrected chi connectivity index (χ1v) is 14.4. The number of methoxy groups -OCH3 is 1. The summed E-state index contributed by atoms with van der Waals surface area (Å²) in [6.07, 6.45) is 1.62. The van der Waals surface area contributed by atoms with Gasteiger partial charge >= 0.3 is 11.9 Å². The number of thiazole rings is 1. The van der Waals surface area contributed by atoms with Crippen LogP contribution in [-0.2, 0) is 14.3 Å². The van der Waals surface area contributed by atoms with Crippen LogP contribution in [0.3, 0.4) is 0 Å². The van der Waals surface area contributed by atoms with E-state index in [1.807, 2.05) is 19.1 Å². The molecule has 1 atom stereocenters. The van der Waals surface area contributed by atoms with Gasteiger partial charge in [-0.15, -0.1) is 0 Å². The number of ether oxygens (including phenoxy) is 3. The molecule has 3 heterocycles. The van der Waals surface area contributed by atoms with E-state index in [2.05, 4.69) is 4.99 Å². The number of allylic oxidation sites excluding steroid dienone is 1. The van der Waals surface area contributed by atoms with Gasteiger partial charge in [0.15, 0.2) is 4.80 Å². The minimum absolute atomic E-state index is 0.184. The van der Waals surface area contributed by atoms with Crippen molar-refractivity contribution < 1.29 is 28.2 Å². The minimum Gasteiger partial charge on any atom is -0.494 e. The van der Waals surface area contributed by atoms with Crippen molar-refractivity contribution >= 4 is 41.0 Å². The molecule has 42 heavy (non-hydrogen) atoms. The van der Waals surface area contributed by atoms with Gasteiger partial charge in [0.05, 0.1) is 52.8 Å². The van der Waals surface area contributed by atoms with Crippen LogP contribution in [0.25, 0.3) is 17.4 Å². The van der Waals surface area contributed by atoms with Gasteiger partial charge in [0.1, 0.15) is 17.3 Å². The minimum atomic E-state index is -0.745. The zero-order valence-corrected chi connectivity index (χ0v) is 24.9. The Bertz CT molecular complexity index is 1880. The Balaban J connectivity index is 1.60. The molecule has 2 aromatic carbocycles. The Labute approximate surface area is 249 Å². The number of carbonyl (C=O) groups is 2. The maximum absolute atomic E-state index is 13.9. The summed E-state index contributed by atoms with van der Waals surface area (Å²) in [5, 5.41) is 0.389. The van der Waals surface area contributed by atoms with Crippen molar-refractivity contribution in [1.29, 1.82) is 0 Å². The molecule has 11 heteroatoms. The first-order chi connectivity index (χ1) is 20.2. The topological polar surface area (TPSA) is 109 Å². The normalized spacial score (nSPS) is 14.8. The van der Waals surface area contributed by atoms with E-state index < -0.39 is 18.0 Å². The molecule has 1 aliphatic rings. The molecule has 0 amide bonds. The number of rotatable bonds is 8. The molecular weight excluding hydrogens is 580 g/mol. The summed E-state index contributed by atoms with van der Waals surface area (Å²) in [4.78, 5) is 44.0. The van der Waals surface area contributed by atoms with E-state index in [4.69, 9.17) is 30.2 Å². The van der Waals surface area contributed by atoms with E-state index in [1.165, 1.54) is 23.0 Å². The van der Waals surface area contributed by atoms with Crippen molar-refractivity contribution in [2.45, 2.75) is 26.8 Å². The van der Waals surface area contributed by atoms with Gasteiger partial charge < -0.3 is 18.6 Å². The molecule has 0 spiro atoms. The number of fused-ring (bicyclic) bond motifs is 1. The molecule has 0 saturated carbocycles. The molecule has 1 aliphatic heterocycles. The average Bonchev–Trinajstić information content (AvgIpc) is 3.56. The Morgan fingerprint density at radius 3 is 2.52 bits per heavy atom. The van der Waals surface area contributed by atoms with Crippen LogP contribution in [0, 0.1) is 0 Å². The predicted molar refractivity (Wildman–Crippen MR) is 159 cm³/mol. The van der Waals surface area contributed by atoms with Gasteiger partial charge in [-0.2, -0.15) is 0 Å². The SMILES string of the molecule is CCOC(=O)C1=C(C)N=c2s/c(=C\c3ccc(-c4cc(C(=O)OC)ccc4Cl)o3)c(=O)n2[C@H]1c1ccc(OCC)cc1. The number of benzene rings is 2. The molecule has 0 radical (unpaired) electrons. The summed E-state index contributed by atoms with van der Waals surface area (Å²) >= 11 is 7.57. The molecule has 0 saturated heterocycles. The third-order valence-electron chi connectivity index (χ3n) is 6.58. The summed E-state index contributed by atoms with van der Waals surface area (Å²) in [5.41, 5.74) is 1.97. The van der Waals surface area contributed by atoms with Crippen LogP contribution in [0.5, 0.6) is 5.75 Å². The van der Waals surface area contributed by atoms with E-state index in [9.17, 15) is 14.4 Å². The van der Waals surface area contributed by atoms with Gasteiger partial charge in [0.25, 0.3) is 5.56 Å². The van der Waals surface area contributed by atoms with Crippen LogP contribution >= 0.6 is 22.9 Å². The zero-order chi connectivity index (χ0) is 30.0. The van der Waals surface area contributed by atoms with Crippen molar-refractivity contribution in [2.75, 3.05) is 20.3 Å².